The molecule has 1 aromatic rings. The lowest BCUT2D eigenvalue weighted by Gasteiger charge is -2.34. The molecule has 3 unspecified atom stereocenters. The summed E-state index contributed by atoms with van der Waals surface area (Å²) in [4.78, 5) is 27.4. The van der Waals surface area contributed by atoms with Gasteiger partial charge in [0.25, 0.3) is 5.91 Å². The van der Waals surface area contributed by atoms with Gasteiger partial charge in [-0.1, -0.05) is 12.2 Å². The Labute approximate surface area is 152 Å². The number of ether oxygens (including phenoxy) is 1. The van der Waals surface area contributed by atoms with Crippen molar-refractivity contribution in [1.82, 2.24) is 4.90 Å². The lowest BCUT2D eigenvalue weighted by atomic mass is 9.82. The van der Waals surface area contributed by atoms with Gasteiger partial charge in [-0.25, -0.2) is 0 Å². The van der Waals surface area contributed by atoms with Crippen LogP contribution >= 0.6 is 0 Å². The first-order valence-electron chi connectivity index (χ1n) is 9.25. The van der Waals surface area contributed by atoms with Crippen LogP contribution in [0.1, 0.15) is 42.7 Å². The number of carbonyl (C=O) groups excluding carboxylic acids is 2. The van der Waals surface area contributed by atoms with E-state index in [0.29, 0.717) is 13.2 Å². The summed E-state index contributed by atoms with van der Waals surface area (Å²) in [6.45, 7) is 1.10. The Morgan fingerprint density at radius 3 is 2.85 bits per heavy atom. The maximum atomic E-state index is 13.0. The lowest BCUT2D eigenvalue weighted by molar-refractivity contribution is -0.131. The number of hydrogen-bond donors (Lipinski definition) is 1. The van der Waals surface area contributed by atoms with E-state index in [4.69, 9.17) is 9.15 Å². The summed E-state index contributed by atoms with van der Waals surface area (Å²) in [5.74, 6) is -1.08. The highest BCUT2D eigenvalue weighted by molar-refractivity contribution is 6.14. The molecule has 3 heterocycles. The van der Waals surface area contributed by atoms with Crippen LogP contribution < -0.4 is 0 Å². The van der Waals surface area contributed by atoms with E-state index in [1.54, 1.807) is 17.0 Å². The molecule has 1 saturated heterocycles. The molecular weight excluding hydrogens is 334 g/mol. The van der Waals surface area contributed by atoms with E-state index in [2.05, 4.69) is 12.2 Å². The Hall–Kier alpha value is -2.34. The van der Waals surface area contributed by atoms with Gasteiger partial charge in [0.05, 0.1) is 24.0 Å². The number of nitrogens with zero attached hydrogens (tertiary/aromatic N) is 1. The van der Waals surface area contributed by atoms with E-state index in [1.165, 1.54) is 6.26 Å². The van der Waals surface area contributed by atoms with Crippen LogP contribution in [0.25, 0.3) is 0 Å². The Bertz CT molecular complexity index is 742. The maximum absolute atomic E-state index is 13.0. The molecule has 6 heteroatoms. The summed E-state index contributed by atoms with van der Waals surface area (Å²) in [6.07, 6.45) is 10.0. The summed E-state index contributed by atoms with van der Waals surface area (Å²) in [5, 5.41) is 10.5. The number of hydrogen-bond acceptors (Lipinski definition) is 5. The number of ketones is 1. The average Bonchev–Trinajstić information content (AvgIpc) is 3.40. The van der Waals surface area contributed by atoms with Gasteiger partial charge in [0.15, 0.2) is 11.5 Å². The van der Waals surface area contributed by atoms with E-state index in [-0.39, 0.29) is 23.4 Å². The number of amides is 1. The van der Waals surface area contributed by atoms with Gasteiger partial charge in [-0.15, -0.1) is 0 Å². The third kappa shape index (κ3) is 2.98. The maximum Gasteiger partial charge on any atom is 0.289 e. The molecule has 1 amide bonds. The van der Waals surface area contributed by atoms with Crippen molar-refractivity contribution in [3.05, 3.63) is 47.6 Å². The molecule has 138 valence electrons. The van der Waals surface area contributed by atoms with Crippen LogP contribution in [-0.4, -0.2) is 47.0 Å². The largest absolute Gasteiger partial charge is 0.503 e. The molecule has 1 fully saturated rings. The van der Waals surface area contributed by atoms with Crippen molar-refractivity contribution in [2.45, 2.75) is 44.2 Å². The minimum absolute atomic E-state index is 0.0357. The van der Waals surface area contributed by atoms with Gasteiger partial charge in [0.2, 0.25) is 5.78 Å². The smallest absolute Gasteiger partial charge is 0.289 e. The first kappa shape index (κ1) is 17.1. The molecule has 1 N–H and O–H groups in total. The van der Waals surface area contributed by atoms with Crippen LogP contribution in [0.15, 0.2) is 46.3 Å². The fourth-order valence-corrected chi connectivity index (χ4v) is 4.25. The Kier molecular flexibility index (Phi) is 4.68. The minimum atomic E-state index is -0.477. The molecule has 0 bridgehead atoms. The number of carbonyl (C=O) groups is 2. The summed E-state index contributed by atoms with van der Waals surface area (Å²) >= 11 is 0. The topological polar surface area (TPSA) is 80.0 Å². The van der Waals surface area contributed by atoms with Crippen LogP contribution in [0.3, 0.4) is 0 Å². The third-order valence-corrected chi connectivity index (χ3v) is 5.52. The average molecular weight is 357 g/mol. The zero-order chi connectivity index (χ0) is 18.1. The fourth-order valence-electron chi connectivity index (χ4n) is 4.25. The molecule has 0 saturated carbocycles. The predicted molar refractivity (Wildman–Crippen MR) is 93.6 cm³/mol. The van der Waals surface area contributed by atoms with Crippen molar-refractivity contribution >= 4 is 11.7 Å². The molecule has 2 aliphatic heterocycles. The number of furan rings is 1. The van der Waals surface area contributed by atoms with Gasteiger partial charge in [0.1, 0.15) is 0 Å². The van der Waals surface area contributed by atoms with Crippen LogP contribution in [0.5, 0.6) is 0 Å². The number of Topliss-reactive ketones (excluding diaryl/α,β-unsaturated/α-hetero) is 1. The summed E-state index contributed by atoms with van der Waals surface area (Å²) in [7, 11) is 0. The van der Waals surface area contributed by atoms with Crippen molar-refractivity contribution in [2.24, 2.45) is 5.92 Å². The van der Waals surface area contributed by atoms with Crippen LogP contribution in [0, 0.1) is 5.92 Å². The van der Waals surface area contributed by atoms with Crippen molar-refractivity contribution in [3.8, 4) is 0 Å². The van der Waals surface area contributed by atoms with E-state index in [1.807, 2.05) is 0 Å². The number of aliphatic hydroxyl groups is 1. The minimum Gasteiger partial charge on any atom is -0.503 e. The van der Waals surface area contributed by atoms with Crippen LogP contribution in [0.2, 0.25) is 0 Å². The predicted octanol–water partition coefficient (Wildman–Crippen LogP) is 3.02. The second-order valence-electron chi connectivity index (χ2n) is 7.15. The van der Waals surface area contributed by atoms with Gasteiger partial charge in [-0.2, -0.15) is 0 Å². The number of allylic oxidation sites excluding steroid dienone is 2. The third-order valence-electron chi connectivity index (χ3n) is 5.52. The van der Waals surface area contributed by atoms with Gasteiger partial charge < -0.3 is 19.2 Å². The Morgan fingerprint density at radius 1 is 1.31 bits per heavy atom. The van der Waals surface area contributed by atoms with Gasteiger partial charge >= 0.3 is 0 Å². The van der Waals surface area contributed by atoms with E-state index >= 15 is 0 Å². The molecule has 3 aliphatic rings. The van der Waals surface area contributed by atoms with E-state index < -0.39 is 23.5 Å². The Morgan fingerprint density at radius 2 is 2.19 bits per heavy atom. The molecule has 1 aliphatic carbocycles. The first-order chi connectivity index (χ1) is 12.7. The molecule has 6 nitrogen and oxygen atoms in total. The van der Waals surface area contributed by atoms with Crippen molar-refractivity contribution in [1.29, 1.82) is 0 Å². The van der Waals surface area contributed by atoms with E-state index in [9.17, 15) is 14.7 Å². The molecule has 0 radical (unpaired) electrons. The fraction of sp³-hybridized carbons (Fsp3) is 0.500. The second kappa shape index (κ2) is 7.11. The lowest BCUT2D eigenvalue weighted by Crippen LogP contribution is -2.45. The van der Waals surface area contributed by atoms with Crippen molar-refractivity contribution in [2.75, 3.05) is 13.2 Å². The number of rotatable bonds is 5. The van der Waals surface area contributed by atoms with Crippen LogP contribution in [-0.2, 0) is 9.53 Å². The quantitative estimate of drug-likeness (QED) is 0.647. The SMILES string of the molecule is O=C(C1=C(O)C(=O)N(CC2CCCO2)C1C1CC=CCC1)c1ccco1. The van der Waals surface area contributed by atoms with Crippen molar-refractivity contribution < 1.29 is 23.8 Å². The first-order valence-corrected chi connectivity index (χ1v) is 9.25. The highest BCUT2D eigenvalue weighted by Gasteiger charge is 2.47. The molecule has 3 atom stereocenters. The zero-order valence-corrected chi connectivity index (χ0v) is 14.6. The summed E-state index contributed by atoms with van der Waals surface area (Å²) < 4.78 is 10.9. The zero-order valence-electron chi connectivity index (χ0n) is 14.6. The van der Waals surface area contributed by atoms with Crippen molar-refractivity contribution in [3.63, 3.8) is 0 Å². The molecule has 26 heavy (non-hydrogen) atoms. The molecule has 4 rings (SSSR count). The van der Waals surface area contributed by atoms with Gasteiger partial charge in [0, 0.05) is 13.2 Å². The standard InChI is InChI=1S/C20H23NO5/c22-18(15-9-5-11-26-15)16-17(13-6-2-1-3-7-13)21(20(24)19(16)23)12-14-8-4-10-25-14/h1-2,5,9,11,13-14,17,23H,3-4,6-8,10,12H2. The molecular formula is C20H23NO5. The summed E-state index contributed by atoms with van der Waals surface area (Å²) in [6, 6.07) is 2.76. The Balaban J connectivity index is 1.68. The molecule has 0 spiro atoms. The normalized spacial score (nSPS) is 29.0. The van der Waals surface area contributed by atoms with Crippen LogP contribution in [0.4, 0.5) is 0 Å². The molecule has 0 aromatic carbocycles. The van der Waals surface area contributed by atoms with Gasteiger partial charge in [-0.3, -0.25) is 9.59 Å². The van der Waals surface area contributed by atoms with E-state index in [0.717, 1.165) is 32.1 Å². The van der Waals surface area contributed by atoms with Gasteiger partial charge in [-0.05, 0) is 50.2 Å². The monoisotopic (exact) mass is 357 g/mol. The number of aliphatic hydroxyl groups excluding tert-OH is 1. The second-order valence-corrected chi connectivity index (χ2v) is 7.15. The summed E-state index contributed by atoms with van der Waals surface area (Å²) in [5.41, 5.74) is 0.170. The highest BCUT2D eigenvalue weighted by Crippen LogP contribution is 2.38. The highest BCUT2D eigenvalue weighted by atomic mass is 16.5. The molecule has 1 aromatic heterocycles.